The SMILES string of the molecule is COc1ccc(C(C)N)cc1CSc1cccs1. The second-order valence-corrected chi connectivity index (χ2v) is 6.30. The lowest BCUT2D eigenvalue weighted by Crippen LogP contribution is -2.05. The molecule has 1 unspecified atom stereocenters. The van der Waals surface area contributed by atoms with Crippen LogP contribution < -0.4 is 10.5 Å². The summed E-state index contributed by atoms with van der Waals surface area (Å²) in [7, 11) is 1.71. The molecule has 2 rings (SSSR count). The molecule has 0 saturated carbocycles. The third-order valence-corrected chi connectivity index (χ3v) is 4.88. The maximum Gasteiger partial charge on any atom is 0.122 e. The van der Waals surface area contributed by atoms with Gasteiger partial charge in [-0.05, 0) is 36.1 Å². The first-order valence-corrected chi connectivity index (χ1v) is 7.66. The number of ether oxygens (including phenoxy) is 1. The molecule has 0 spiro atoms. The van der Waals surface area contributed by atoms with E-state index < -0.39 is 0 Å². The fraction of sp³-hybridized carbons (Fsp3) is 0.286. The van der Waals surface area contributed by atoms with E-state index >= 15 is 0 Å². The Morgan fingerprint density at radius 1 is 1.39 bits per heavy atom. The Kier molecular flexibility index (Phi) is 4.69. The van der Waals surface area contributed by atoms with E-state index in [0.717, 1.165) is 17.1 Å². The first-order valence-electron chi connectivity index (χ1n) is 5.79. The summed E-state index contributed by atoms with van der Waals surface area (Å²) in [6.45, 7) is 2.00. The van der Waals surface area contributed by atoms with Crippen molar-refractivity contribution in [2.75, 3.05) is 7.11 Å². The minimum absolute atomic E-state index is 0.0568. The van der Waals surface area contributed by atoms with E-state index in [4.69, 9.17) is 10.5 Å². The molecule has 0 amide bonds. The van der Waals surface area contributed by atoms with Gasteiger partial charge in [0.25, 0.3) is 0 Å². The molecule has 0 aliphatic carbocycles. The minimum Gasteiger partial charge on any atom is -0.496 e. The van der Waals surface area contributed by atoms with Crippen LogP contribution in [0.15, 0.2) is 39.9 Å². The van der Waals surface area contributed by atoms with Gasteiger partial charge in [0.1, 0.15) is 5.75 Å². The molecule has 0 aliphatic rings. The average molecular weight is 279 g/mol. The van der Waals surface area contributed by atoms with E-state index in [1.165, 1.54) is 9.77 Å². The van der Waals surface area contributed by atoms with Crippen molar-refractivity contribution in [3.05, 3.63) is 46.8 Å². The molecule has 2 N–H and O–H groups in total. The lowest BCUT2D eigenvalue weighted by Gasteiger charge is -2.12. The summed E-state index contributed by atoms with van der Waals surface area (Å²) < 4.78 is 6.72. The number of methoxy groups -OCH3 is 1. The van der Waals surface area contributed by atoms with Crippen LogP contribution in [0, 0.1) is 0 Å². The van der Waals surface area contributed by atoms with Gasteiger partial charge in [-0.1, -0.05) is 12.1 Å². The summed E-state index contributed by atoms with van der Waals surface area (Å²) in [5.74, 6) is 1.84. The summed E-state index contributed by atoms with van der Waals surface area (Å²) in [6, 6.07) is 10.4. The first kappa shape index (κ1) is 13.5. The summed E-state index contributed by atoms with van der Waals surface area (Å²) in [5, 5.41) is 2.10. The Labute approximate surface area is 116 Å². The van der Waals surface area contributed by atoms with Crippen LogP contribution in [-0.2, 0) is 5.75 Å². The van der Waals surface area contributed by atoms with Crippen LogP contribution in [0.2, 0.25) is 0 Å². The molecule has 0 saturated heterocycles. The van der Waals surface area contributed by atoms with Crippen molar-refractivity contribution >= 4 is 23.1 Å². The van der Waals surface area contributed by atoms with Crippen molar-refractivity contribution in [2.24, 2.45) is 5.73 Å². The van der Waals surface area contributed by atoms with Crippen LogP contribution in [0.3, 0.4) is 0 Å². The zero-order valence-electron chi connectivity index (χ0n) is 10.6. The third kappa shape index (κ3) is 3.28. The highest BCUT2D eigenvalue weighted by atomic mass is 32.2. The second-order valence-electron chi connectivity index (χ2n) is 4.08. The van der Waals surface area contributed by atoms with E-state index in [-0.39, 0.29) is 6.04 Å². The molecule has 1 heterocycles. The van der Waals surface area contributed by atoms with Gasteiger partial charge in [-0.25, -0.2) is 0 Å². The quantitative estimate of drug-likeness (QED) is 0.838. The van der Waals surface area contributed by atoms with E-state index in [2.05, 4.69) is 23.6 Å². The molecule has 0 aliphatic heterocycles. The smallest absolute Gasteiger partial charge is 0.122 e. The van der Waals surface area contributed by atoms with Gasteiger partial charge in [0.2, 0.25) is 0 Å². The number of benzene rings is 1. The fourth-order valence-corrected chi connectivity index (χ4v) is 3.45. The number of thiophene rings is 1. The molecular formula is C14H17NOS2. The number of nitrogens with two attached hydrogens (primary N) is 1. The van der Waals surface area contributed by atoms with Gasteiger partial charge in [-0.3, -0.25) is 0 Å². The van der Waals surface area contributed by atoms with E-state index in [9.17, 15) is 0 Å². The Bertz CT molecular complexity index is 495. The van der Waals surface area contributed by atoms with Crippen LogP contribution in [0.5, 0.6) is 5.75 Å². The highest BCUT2D eigenvalue weighted by molar-refractivity contribution is 8.00. The molecule has 2 nitrogen and oxygen atoms in total. The lowest BCUT2D eigenvalue weighted by atomic mass is 10.1. The standard InChI is InChI=1S/C14H17NOS2/c1-10(15)11-5-6-13(16-2)12(8-11)9-18-14-4-3-7-17-14/h3-8,10H,9,15H2,1-2H3. The van der Waals surface area contributed by atoms with Gasteiger partial charge in [0.05, 0.1) is 11.3 Å². The van der Waals surface area contributed by atoms with Crippen molar-refractivity contribution in [2.45, 2.75) is 22.9 Å². The van der Waals surface area contributed by atoms with Crippen molar-refractivity contribution in [1.82, 2.24) is 0 Å². The van der Waals surface area contributed by atoms with Crippen LogP contribution in [0.1, 0.15) is 24.1 Å². The molecule has 4 heteroatoms. The zero-order chi connectivity index (χ0) is 13.0. The molecule has 0 fully saturated rings. The minimum atomic E-state index is 0.0568. The maximum absolute atomic E-state index is 5.92. The predicted molar refractivity (Wildman–Crippen MR) is 79.5 cm³/mol. The molecular weight excluding hydrogens is 262 g/mol. The van der Waals surface area contributed by atoms with E-state index in [1.54, 1.807) is 18.4 Å². The molecule has 96 valence electrons. The third-order valence-electron chi connectivity index (χ3n) is 2.70. The summed E-state index contributed by atoms with van der Waals surface area (Å²) >= 11 is 3.59. The summed E-state index contributed by atoms with van der Waals surface area (Å²) in [6.07, 6.45) is 0. The molecule has 1 aromatic heterocycles. The van der Waals surface area contributed by atoms with Gasteiger partial charge in [0, 0.05) is 17.4 Å². The van der Waals surface area contributed by atoms with Gasteiger partial charge in [-0.2, -0.15) is 0 Å². The second kappa shape index (κ2) is 6.27. The normalized spacial score (nSPS) is 12.4. The van der Waals surface area contributed by atoms with Gasteiger partial charge < -0.3 is 10.5 Å². The van der Waals surface area contributed by atoms with Gasteiger partial charge >= 0.3 is 0 Å². The topological polar surface area (TPSA) is 35.2 Å². The van der Waals surface area contributed by atoms with Crippen molar-refractivity contribution < 1.29 is 4.74 Å². The zero-order valence-corrected chi connectivity index (χ0v) is 12.2. The largest absolute Gasteiger partial charge is 0.496 e. The van der Waals surface area contributed by atoms with Gasteiger partial charge in [0.15, 0.2) is 0 Å². The monoisotopic (exact) mass is 279 g/mol. The highest BCUT2D eigenvalue weighted by Crippen LogP contribution is 2.31. The molecule has 0 bridgehead atoms. The number of thioether (sulfide) groups is 1. The van der Waals surface area contributed by atoms with Crippen LogP contribution in [-0.4, -0.2) is 7.11 Å². The summed E-state index contributed by atoms with van der Waals surface area (Å²) in [5.41, 5.74) is 8.27. The van der Waals surface area contributed by atoms with Crippen molar-refractivity contribution in [1.29, 1.82) is 0 Å². The molecule has 2 aromatic rings. The van der Waals surface area contributed by atoms with Crippen LogP contribution in [0.25, 0.3) is 0 Å². The van der Waals surface area contributed by atoms with Crippen molar-refractivity contribution in [3.63, 3.8) is 0 Å². The molecule has 0 radical (unpaired) electrons. The van der Waals surface area contributed by atoms with Crippen LogP contribution in [0.4, 0.5) is 0 Å². The Morgan fingerprint density at radius 3 is 2.83 bits per heavy atom. The van der Waals surface area contributed by atoms with Gasteiger partial charge in [-0.15, -0.1) is 23.1 Å². The summed E-state index contributed by atoms with van der Waals surface area (Å²) in [4.78, 5) is 0. The maximum atomic E-state index is 5.92. The Balaban J connectivity index is 2.16. The average Bonchev–Trinajstić information content (AvgIpc) is 2.89. The van der Waals surface area contributed by atoms with E-state index in [0.29, 0.717) is 0 Å². The number of hydrogen-bond donors (Lipinski definition) is 1. The fourth-order valence-electron chi connectivity index (χ4n) is 1.69. The number of rotatable bonds is 5. The van der Waals surface area contributed by atoms with E-state index in [1.807, 2.05) is 30.8 Å². The number of hydrogen-bond acceptors (Lipinski definition) is 4. The first-order chi connectivity index (χ1) is 8.70. The Morgan fingerprint density at radius 2 is 2.22 bits per heavy atom. The predicted octanol–water partition coefficient (Wildman–Crippen LogP) is 4.07. The molecule has 18 heavy (non-hydrogen) atoms. The molecule has 1 aromatic carbocycles. The van der Waals surface area contributed by atoms with Crippen molar-refractivity contribution in [3.8, 4) is 5.75 Å². The lowest BCUT2D eigenvalue weighted by molar-refractivity contribution is 0.411. The van der Waals surface area contributed by atoms with Crippen LogP contribution >= 0.6 is 23.1 Å². The highest BCUT2D eigenvalue weighted by Gasteiger charge is 2.08. The Hall–Kier alpha value is -0.970. The molecule has 1 atom stereocenters.